The smallest absolute Gasteiger partial charge is 0.339 e. The second-order valence-electron chi connectivity index (χ2n) is 6.31. The summed E-state index contributed by atoms with van der Waals surface area (Å²) in [7, 11) is 0. The first-order valence-electron chi connectivity index (χ1n) is 8.51. The van der Waals surface area contributed by atoms with E-state index in [1.54, 1.807) is 19.9 Å². The fourth-order valence-corrected chi connectivity index (χ4v) is 2.91. The number of hydrogen-bond donors (Lipinski definition) is 2. The molecular weight excluding hydrogens is 338 g/mol. The molecule has 1 atom stereocenters. The van der Waals surface area contributed by atoms with Crippen LogP contribution < -0.4 is 16.0 Å². The molecule has 0 saturated carbocycles. The molecule has 1 aromatic carbocycles. The topological polar surface area (TPSA) is 120 Å². The van der Waals surface area contributed by atoms with Crippen LogP contribution in [-0.4, -0.2) is 23.0 Å². The Morgan fingerprint density at radius 1 is 1.27 bits per heavy atom. The van der Waals surface area contributed by atoms with Crippen LogP contribution in [0, 0.1) is 13.8 Å². The predicted molar refractivity (Wildman–Crippen MR) is 93.8 cm³/mol. The van der Waals surface area contributed by atoms with Gasteiger partial charge in [-0.2, -0.15) is 0 Å². The normalized spacial score (nSPS) is 12.1. The van der Waals surface area contributed by atoms with Gasteiger partial charge in [-0.1, -0.05) is 13.3 Å². The van der Waals surface area contributed by atoms with Crippen LogP contribution in [0.1, 0.15) is 42.9 Å². The van der Waals surface area contributed by atoms with Crippen molar-refractivity contribution in [3.05, 3.63) is 39.2 Å². The van der Waals surface area contributed by atoms with E-state index in [2.05, 4.69) is 5.32 Å². The summed E-state index contributed by atoms with van der Waals surface area (Å²) in [6, 6.07) is 2.15. The van der Waals surface area contributed by atoms with Crippen molar-refractivity contribution in [2.24, 2.45) is 0 Å². The molecule has 7 nitrogen and oxygen atoms in total. The second kappa shape index (κ2) is 8.03. The van der Waals surface area contributed by atoms with Crippen molar-refractivity contribution in [1.82, 2.24) is 5.32 Å². The molecule has 2 rings (SSSR count). The predicted octanol–water partition coefficient (Wildman–Crippen LogP) is 1.08. The number of aryl methyl sites for hydroxylation is 2. The van der Waals surface area contributed by atoms with Crippen LogP contribution in [0.3, 0.4) is 0 Å². The summed E-state index contributed by atoms with van der Waals surface area (Å²) in [6.07, 6.45) is 0.968. The van der Waals surface area contributed by atoms with E-state index in [9.17, 15) is 24.6 Å². The fraction of sp³-hybridized carbons (Fsp3) is 0.421. The minimum absolute atomic E-state index is 0.0384. The van der Waals surface area contributed by atoms with Gasteiger partial charge in [-0.25, -0.2) is 4.79 Å². The minimum Gasteiger partial charge on any atom is -0.548 e. The van der Waals surface area contributed by atoms with Gasteiger partial charge in [-0.05, 0) is 44.4 Å². The largest absolute Gasteiger partial charge is 0.548 e. The second-order valence-corrected chi connectivity index (χ2v) is 6.31. The molecule has 1 amide bonds. The van der Waals surface area contributed by atoms with Crippen molar-refractivity contribution >= 4 is 22.8 Å². The summed E-state index contributed by atoms with van der Waals surface area (Å²) in [5.41, 5.74) is 1.26. The number of carboxylic acids is 1. The van der Waals surface area contributed by atoms with Gasteiger partial charge in [0.2, 0.25) is 5.91 Å². The van der Waals surface area contributed by atoms with E-state index in [-0.39, 0.29) is 25.0 Å². The van der Waals surface area contributed by atoms with Crippen molar-refractivity contribution in [3.63, 3.8) is 0 Å². The van der Waals surface area contributed by atoms with Crippen molar-refractivity contribution < 1.29 is 24.2 Å². The maximum absolute atomic E-state index is 12.3. The molecule has 0 aliphatic carbocycles. The van der Waals surface area contributed by atoms with Crippen LogP contribution in [0.5, 0.6) is 5.75 Å². The Morgan fingerprint density at radius 3 is 2.58 bits per heavy atom. The Balaban J connectivity index is 2.21. The van der Waals surface area contributed by atoms with Gasteiger partial charge in [-0.3, -0.25) is 4.79 Å². The van der Waals surface area contributed by atoms with E-state index in [4.69, 9.17) is 4.42 Å². The lowest BCUT2D eigenvalue weighted by Crippen LogP contribution is -2.47. The Bertz CT molecular complexity index is 899. The fourth-order valence-electron chi connectivity index (χ4n) is 2.91. The van der Waals surface area contributed by atoms with Crippen LogP contribution in [0.15, 0.2) is 21.3 Å². The van der Waals surface area contributed by atoms with Crippen molar-refractivity contribution in [2.75, 3.05) is 0 Å². The molecule has 0 spiro atoms. The number of aliphatic carboxylic acids is 1. The van der Waals surface area contributed by atoms with Gasteiger partial charge >= 0.3 is 5.63 Å². The average molecular weight is 360 g/mol. The molecule has 7 heteroatoms. The van der Waals surface area contributed by atoms with Crippen LogP contribution >= 0.6 is 0 Å². The maximum Gasteiger partial charge on any atom is 0.339 e. The lowest BCUT2D eigenvalue weighted by Gasteiger charge is -2.19. The van der Waals surface area contributed by atoms with Gasteiger partial charge in [-0.15, -0.1) is 0 Å². The summed E-state index contributed by atoms with van der Waals surface area (Å²) in [4.78, 5) is 35.3. The highest BCUT2D eigenvalue weighted by Gasteiger charge is 2.17. The minimum atomic E-state index is -1.32. The standard InChI is InChI=1S/C19H23NO6/c1-4-5-14(18(23)24)20-16(22)9-7-13-10(2)12-6-8-15(21)11(3)17(12)26-19(13)25/h6,8,14,21H,4-5,7,9H2,1-3H3,(H,20,22)(H,23,24)/p-1/t14-/m0/s1. The number of phenols is 1. The van der Waals surface area contributed by atoms with Gasteiger partial charge in [0.25, 0.3) is 0 Å². The highest BCUT2D eigenvalue weighted by atomic mass is 16.4. The number of hydrogen-bond acceptors (Lipinski definition) is 6. The molecule has 2 aromatic rings. The zero-order valence-corrected chi connectivity index (χ0v) is 15.0. The van der Waals surface area contributed by atoms with Crippen LogP contribution in [0.4, 0.5) is 0 Å². The number of fused-ring (bicyclic) bond motifs is 1. The van der Waals surface area contributed by atoms with Crippen molar-refractivity contribution in [3.8, 4) is 5.75 Å². The Kier molecular flexibility index (Phi) is 6.02. The molecule has 140 valence electrons. The van der Waals surface area contributed by atoms with Gasteiger partial charge in [0.05, 0.1) is 12.0 Å². The highest BCUT2D eigenvalue weighted by Crippen LogP contribution is 2.28. The zero-order valence-electron chi connectivity index (χ0n) is 15.0. The molecule has 1 heterocycles. The highest BCUT2D eigenvalue weighted by molar-refractivity contribution is 5.86. The number of aromatic hydroxyl groups is 1. The van der Waals surface area contributed by atoms with Crippen LogP contribution in [-0.2, 0) is 16.0 Å². The molecule has 2 N–H and O–H groups in total. The number of benzene rings is 1. The van der Waals surface area contributed by atoms with E-state index in [1.807, 2.05) is 6.92 Å². The van der Waals surface area contributed by atoms with E-state index in [0.29, 0.717) is 34.1 Å². The van der Waals surface area contributed by atoms with Gasteiger partial charge < -0.3 is 24.7 Å². The molecule has 0 unspecified atom stereocenters. The summed E-state index contributed by atoms with van der Waals surface area (Å²) in [5.74, 6) is -1.75. The van der Waals surface area contributed by atoms with Crippen molar-refractivity contribution in [2.45, 2.75) is 52.5 Å². The maximum atomic E-state index is 12.3. The lowest BCUT2D eigenvalue weighted by atomic mass is 10.00. The third-order valence-corrected chi connectivity index (χ3v) is 4.47. The summed E-state index contributed by atoms with van der Waals surface area (Å²) in [5, 5.41) is 23.9. The molecule has 0 aliphatic rings. The number of phenolic OH excluding ortho intramolecular Hbond substituents is 1. The monoisotopic (exact) mass is 360 g/mol. The quantitative estimate of drug-likeness (QED) is 0.713. The number of carboxylic acid groups (broad SMARTS) is 1. The van der Waals surface area contributed by atoms with E-state index in [1.165, 1.54) is 6.07 Å². The molecular formula is C19H22NO6-. The molecule has 0 radical (unpaired) electrons. The number of rotatable bonds is 7. The molecule has 1 aromatic heterocycles. The van der Waals surface area contributed by atoms with E-state index < -0.39 is 23.5 Å². The third-order valence-electron chi connectivity index (χ3n) is 4.47. The zero-order chi connectivity index (χ0) is 19.4. The summed E-state index contributed by atoms with van der Waals surface area (Å²) in [6.45, 7) is 5.22. The van der Waals surface area contributed by atoms with Gasteiger partial charge in [0.15, 0.2) is 0 Å². The average Bonchev–Trinajstić information content (AvgIpc) is 2.58. The Hall–Kier alpha value is -2.83. The first-order valence-corrected chi connectivity index (χ1v) is 8.51. The first-order chi connectivity index (χ1) is 12.3. The SMILES string of the molecule is CCC[C@H](NC(=O)CCc1c(C)c2ccc(O)c(C)c2oc1=O)C(=O)[O-]. The third kappa shape index (κ3) is 4.04. The molecule has 0 aliphatic heterocycles. The summed E-state index contributed by atoms with van der Waals surface area (Å²) < 4.78 is 5.32. The summed E-state index contributed by atoms with van der Waals surface area (Å²) >= 11 is 0. The van der Waals surface area contributed by atoms with E-state index >= 15 is 0 Å². The van der Waals surface area contributed by atoms with Crippen molar-refractivity contribution in [1.29, 1.82) is 0 Å². The van der Waals surface area contributed by atoms with Gasteiger partial charge in [0, 0.05) is 22.9 Å². The van der Waals surface area contributed by atoms with Crippen LogP contribution in [0.2, 0.25) is 0 Å². The van der Waals surface area contributed by atoms with Gasteiger partial charge in [0.1, 0.15) is 11.3 Å². The Morgan fingerprint density at radius 2 is 1.96 bits per heavy atom. The molecule has 0 bridgehead atoms. The number of nitrogens with one attached hydrogen (secondary N) is 1. The lowest BCUT2D eigenvalue weighted by molar-refractivity contribution is -0.308. The first kappa shape index (κ1) is 19.5. The number of amides is 1. The molecule has 0 fully saturated rings. The van der Waals surface area contributed by atoms with E-state index in [0.717, 1.165) is 0 Å². The number of carbonyl (C=O) groups is 2. The molecule has 0 saturated heterocycles. The Labute approximate surface area is 150 Å². The van der Waals surface area contributed by atoms with Crippen LogP contribution in [0.25, 0.3) is 11.0 Å². The number of carbonyl (C=O) groups excluding carboxylic acids is 2. The molecule has 26 heavy (non-hydrogen) atoms.